The third-order valence-electron chi connectivity index (χ3n) is 7.03. The number of pyridine rings is 1. The highest BCUT2D eigenvalue weighted by molar-refractivity contribution is 6.06. The fourth-order valence-corrected chi connectivity index (χ4v) is 4.90. The van der Waals surface area contributed by atoms with Gasteiger partial charge in [0.1, 0.15) is 24.4 Å². The summed E-state index contributed by atoms with van der Waals surface area (Å²) < 4.78 is 12.7. The lowest BCUT2D eigenvalue weighted by molar-refractivity contribution is 0.0425. The first-order valence-electron chi connectivity index (χ1n) is 14.0. The Kier molecular flexibility index (Phi) is 8.32. The molecule has 8 heteroatoms. The summed E-state index contributed by atoms with van der Waals surface area (Å²) >= 11 is 0. The predicted molar refractivity (Wildman–Crippen MR) is 166 cm³/mol. The number of aromatic nitrogens is 3. The minimum absolute atomic E-state index is 0.00329. The van der Waals surface area contributed by atoms with E-state index in [0.717, 1.165) is 16.7 Å². The van der Waals surface area contributed by atoms with Gasteiger partial charge >= 0.3 is 11.9 Å². The highest BCUT2D eigenvalue weighted by Gasteiger charge is 2.27. The molecular formula is C36H27N3O5. The van der Waals surface area contributed by atoms with Crippen LogP contribution in [0.4, 0.5) is 0 Å². The minimum atomic E-state index is -0.784. The number of ether oxygens (including phenoxy) is 2. The van der Waals surface area contributed by atoms with Crippen molar-refractivity contribution in [2.24, 2.45) is 0 Å². The van der Waals surface area contributed by atoms with Crippen LogP contribution in [0.1, 0.15) is 43.1 Å². The van der Waals surface area contributed by atoms with Crippen molar-refractivity contribution >= 4 is 23.1 Å². The summed E-state index contributed by atoms with van der Waals surface area (Å²) in [6.45, 7) is -0.0284. The van der Waals surface area contributed by atoms with Crippen molar-refractivity contribution in [2.45, 2.75) is 19.6 Å². The number of fused-ring (bicyclic) bond motifs is 1. The van der Waals surface area contributed by atoms with Gasteiger partial charge in [0, 0.05) is 12.6 Å². The molecule has 0 fully saturated rings. The van der Waals surface area contributed by atoms with E-state index in [-0.39, 0.29) is 47.8 Å². The number of hydrogen-bond acceptors (Lipinski definition) is 7. The highest BCUT2D eigenvalue weighted by Crippen LogP contribution is 2.24. The molecule has 0 aliphatic rings. The second-order valence-electron chi connectivity index (χ2n) is 10.0. The van der Waals surface area contributed by atoms with Crippen LogP contribution in [0.2, 0.25) is 0 Å². The lowest BCUT2D eigenvalue weighted by atomic mass is 10.0. The Hall–Kier alpha value is -5.89. The molecular weight excluding hydrogens is 554 g/mol. The summed E-state index contributed by atoms with van der Waals surface area (Å²) in [5, 5.41) is 0. The van der Waals surface area contributed by atoms with Gasteiger partial charge in [-0.05, 0) is 41.0 Å². The molecule has 0 saturated heterocycles. The molecule has 0 atom stereocenters. The van der Waals surface area contributed by atoms with Gasteiger partial charge in [0.05, 0.1) is 16.8 Å². The van der Waals surface area contributed by atoms with Gasteiger partial charge in [0.2, 0.25) is 0 Å². The summed E-state index contributed by atoms with van der Waals surface area (Å²) in [7, 11) is 0. The minimum Gasteiger partial charge on any atom is -0.457 e. The van der Waals surface area contributed by atoms with Crippen LogP contribution in [0.3, 0.4) is 0 Å². The summed E-state index contributed by atoms with van der Waals surface area (Å²) in [6.07, 6.45) is 1.80. The second kappa shape index (κ2) is 13.0. The second-order valence-corrected chi connectivity index (χ2v) is 10.0. The highest BCUT2D eigenvalue weighted by atomic mass is 16.5. The molecule has 216 valence electrons. The van der Waals surface area contributed by atoms with Crippen LogP contribution < -0.4 is 5.56 Å². The Labute approximate surface area is 253 Å². The SMILES string of the molecule is O=C(OCc1ccccc1)c1cccc(-n2c(=O)c(Cc3ccccc3)nc3cccnc32)c1C(=O)OCc1ccccc1. The Bertz CT molecular complexity index is 1990. The van der Waals surface area contributed by atoms with E-state index in [0.29, 0.717) is 5.52 Å². The van der Waals surface area contributed by atoms with Gasteiger partial charge in [-0.1, -0.05) is 97.1 Å². The van der Waals surface area contributed by atoms with E-state index in [1.807, 2.05) is 91.0 Å². The van der Waals surface area contributed by atoms with Crippen LogP contribution in [0.15, 0.2) is 132 Å². The third kappa shape index (κ3) is 6.15. The maximum absolute atomic E-state index is 14.1. The molecule has 0 saturated carbocycles. The number of rotatable bonds is 9. The van der Waals surface area contributed by atoms with Crippen LogP contribution in [-0.2, 0) is 29.1 Å². The van der Waals surface area contributed by atoms with E-state index in [1.54, 1.807) is 30.5 Å². The molecule has 0 N–H and O–H groups in total. The van der Waals surface area contributed by atoms with Gasteiger partial charge in [0.15, 0.2) is 5.65 Å². The van der Waals surface area contributed by atoms with E-state index in [9.17, 15) is 14.4 Å². The normalized spacial score (nSPS) is 10.8. The zero-order valence-electron chi connectivity index (χ0n) is 23.6. The summed E-state index contributed by atoms with van der Waals surface area (Å²) in [6, 6.07) is 36.1. The lowest BCUT2D eigenvalue weighted by Crippen LogP contribution is -2.28. The molecule has 8 nitrogen and oxygen atoms in total. The van der Waals surface area contributed by atoms with Gasteiger partial charge in [-0.25, -0.2) is 19.6 Å². The first kappa shape index (κ1) is 28.2. The van der Waals surface area contributed by atoms with E-state index in [1.165, 1.54) is 10.6 Å². The fourth-order valence-electron chi connectivity index (χ4n) is 4.90. The summed E-state index contributed by atoms with van der Waals surface area (Å²) in [4.78, 5) is 50.6. The first-order valence-corrected chi connectivity index (χ1v) is 14.0. The number of benzene rings is 4. The molecule has 0 radical (unpaired) electrons. The Balaban J connectivity index is 1.48. The average Bonchev–Trinajstić information content (AvgIpc) is 3.07. The van der Waals surface area contributed by atoms with Crippen molar-refractivity contribution in [1.29, 1.82) is 0 Å². The molecule has 0 amide bonds. The molecule has 6 rings (SSSR count). The maximum Gasteiger partial charge on any atom is 0.341 e. The Morgan fingerprint density at radius 1 is 0.636 bits per heavy atom. The van der Waals surface area contributed by atoms with E-state index >= 15 is 0 Å². The summed E-state index contributed by atoms with van der Waals surface area (Å²) in [5.74, 6) is -1.51. The van der Waals surface area contributed by atoms with Crippen LogP contribution in [0.25, 0.3) is 16.9 Å². The molecule has 4 aromatic carbocycles. The maximum atomic E-state index is 14.1. The Morgan fingerprint density at radius 3 is 1.86 bits per heavy atom. The molecule has 6 aromatic rings. The van der Waals surface area contributed by atoms with Crippen molar-refractivity contribution in [2.75, 3.05) is 0 Å². The molecule has 0 aliphatic heterocycles. The monoisotopic (exact) mass is 581 g/mol. The third-order valence-corrected chi connectivity index (χ3v) is 7.03. The zero-order chi connectivity index (χ0) is 30.3. The molecule has 0 bridgehead atoms. The fraction of sp³-hybridized carbons (Fsp3) is 0.0833. The summed E-state index contributed by atoms with van der Waals surface area (Å²) in [5.41, 5.74) is 2.95. The molecule has 0 aliphatic carbocycles. The Morgan fingerprint density at radius 2 is 1.23 bits per heavy atom. The molecule has 0 unspecified atom stereocenters. The van der Waals surface area contributed by atoms with Crippen molar-refractivity contribution in [1.82, 2.24) is 14.5 Å². The molecule has 0 spiro atoms. The number of carbonyl (C=O) groups is 2. The molecule has 2 heterocycles. The van der Waals surface area contributed by atoms with Gasteiger partial charge in [-0.15, -0.1) is 0 Å². The van der Waals surface area contributed by atoms with Crippen LogP contribution in [-0.4, -0.2) is 26.5 Å². The van der Waals surface area contributed by atoms with Crippen molar-refractivity contribution in [3.8, 4) is 5.69 Å². The number of nitrogens with zero attached hydrogens (tertiary/aromatic N) is 3. The standard InChI is InChI=1S/C36H27N3O5/c40-34-30(22-25-12-4-1-5-13-25)38-29-19-11-21-37-33(29)39(34)31-20-10-18-28(35(41)43-23-26-14-6-2-7-15-26)32(31)36(42)44-24-27-16-8-3-9-17-27/h1-21H,22-24H2. The van der Waals surface area contributed by atoms with Gasteiger partial charge < -0.3 is 9.47 Å². The van der Waals surface area contributed by atoms with E-state index in [4.69, 9.17) is 9.47 Å². The van der Waals surface area contributed by atoms with Crippen LogP contribution >= 0.6 is 0 Å². The number of hydrogen-bond donors (Lipinski definition) is 0. The first-order chi connectivity index (χ1) is 21.6. The average molecular weight is 582 g/mol. The van der Waals surface area contributed by atoms with Crippen molar-refractivity contribution < 1.29 is 19.1 Å². The van der Waals surface area contributed by atoms with Gasteiger partial charge in [-0.2, -0.15) is 0 Å². The number of carbonyl (C=O) groups excluding carboxylic acids is 2. The largest absolute Gasteiger partial charge is 0.457 e. The van der Waals surface area contributed by atoms with E-state index in [2.05, 4.69) is 9.97 Å². The van der Waals surface area contributed by atoms with Crippen molar-refractivity contribution in [3.63, 3.8) is 0 Å². The topological polar surface area (TPSA) is 100 Å². The predicted octanol–water partition coefficient (Wildman–Crippen LogP) is 6.09. The quantitative estimate of drug-likeness (QED) is 0.191. The lowest BCUT2D eigenvalue weighted by Gasteiger charge is -2.17. The molecule has 2 aromatic heterocycles. The van der Waals surface area contributed by atoms with Gasteiger partial charge in [0.25, 0.3) is 5.56 Å². The molecule has 44 heavy (non-hydrogen) atoms. The van der Waals surface area contributed by atoms with Crippen molar-refractivity contribution in [3.05, 3.63) is 171 Å². The number of esters is 2. The zero-order valence-corrected chi connectivity index (χ0v) is 23.6. The van der Waals surface area contributed by atoms with Crippen LogP contribution in [0.5, 0.6) is 0 Å². The van der Waals surface area contributed by atoms with Gasteiger partial charge in [-0.3, -0.25) is 9.36 Å². The smallest absolute Gasteiger partial charge is 0.341 e. The van der Waals surface area contributed by atoms with Crippen LogP contribution in [0, 0.1) is 0 Å². The van der Waals surface area contributed by atoms with E-state index < -0.39 is 17.5 Å².